The Balaban J connectivity index is 3.29. The van der Waals surface area contributed by atoms with Gasteiger partial charge in [-0.1, -0.05) is 23.2 Å². The molecule has 0 aliphatic rings. The Morgan fingerprint density at radius 3 is 2.62 bits per heavy atom. The molecule has 0 radical (unpaired) electrons. The van der Waals surface area contributed by atoms with Crippen molar-refractivity contribution in [3.63, 3.8) is 0 Å². The van der Waals surface area contributed by atoms with Crippen molar-refractivity contribution in [1.82, 2.24) is 0 Å². The molecule has 1 aromatic carbocycles. The Hall–Kier alpha value is -1.24. The first-order chi connectivity index (χ1) is 7.61. The molecule has 0 amide bonds. The van der Waals surface area contributed by atoms with E-state index in [1.165, 1.54) is 6.07 Å². The molecule has 1 aromatic rings. The molecule has 0 aliphatic heterocycles. The largest absolute Gasteiger partial charge is 0.462 e. The van der Waals surface area contributed by atoms with Crippen LogP contribution >= 0.6 is 23.2 Å². The molecule has 3 nitrogen and oxygen atoms in total. The van der Waals surface area contributed by atoms with Crippen LogP contribution in [0.4, 0.5) is 0 Å². The van der Waals surface area contributed by atoms with Crippen molar-refractivity contribution in [3.05, 3.63) is 33.3 Å². The lowest BCUT2D eigenvalue weighted by molar-refractivity contribution is 0.0525. The van der Waals surface area contributed by atoms with E-state index in [9.17, 15) is 4.79 Å². The summed E-state index contributed by atoms with van der Waals surface area (Å²) in [6.45, 7) is 1.94. The SMILES string of the molecule is CCOC(=O)c1c(Cl)ccc(Cl)c1CC#N. The lowest BCUT2D eigenvalue weighted by atomic mass is 10.1. The summed E-state index contributed by atoms with van der Waals surface area (Å²) in [6, 6.07) is 5.00. The van der Waals surface area contributed by atoms with E-state index in [0.717, 1.165) is 0 Å². The highest BCUT2D eigenvalue weighted by atomic mass is 35.5. The highest BCUT2D eigenvalue weighted by molar-refractivity contribution is 6.36. The summed E-state index contributed by atoms with van der Waals surface area (Å²) in [5.41, 5.74) is 0.590. The summed E-state index contributed by atoms with van der Waals surface area (Å²) >= 11 is 11.8. The van der Waals surface area contributed by atoms with Crippen molar-refractivity contribution in [1.29, 1.82) is 5.26 Å². The molecule has 0 unspecified atom stereocenters. The summed E-state index contributed by atoms with van der Waals surface area (Å²) in [4.78, 5) is 11.6. The van der Waals surface area contributed by atoms with E-state index in [1.54, 1.807) is 13.0 Å². The highest BCUT2D eigenvalue weighted by Gasteiger charge is 2.19. The predicted molar refractivity (Wildman–Crippen MR) is 61.7 cm³/mol. The van der Waals surface area contributed by atoms with Crippen LogP contribution in [0.25, 0.3) is 0 Å². The van der Waals surface area contributed by atoms with Crippen molar-refractivity contribution in [2.24, 2.45) is 0 Å². The summed E-state index contributed by atoms with van der Waals surface area (Å²) in [5, 5.41) is 9.25. The predicted octanol–water partition coefficient (Wildman–Crippen LogP) is 3.24. The average Bonchev–Trinajstić information content (AvgIpc) is 2.24. The van der Waals surface area contributed by atoms with Crippen molar-refractivity contribution in [2.45, 2.75) is 13.3 Å². The molecule has 0 aliphatic carbocycles. The van der Waals surface area contributed by atoms with Gasteiger partial charge in [-0.3, -0.25) is 0 Å². The van der Waals surface area contributed by atoms with E-state index in [2.05, 4.69) is 0 Å². The minimum atomic E-state index is -0.555. The first-order valence-corrected chi connectivity index (χ1v) is 5.38. The molecule has 84 valence electrons. The van der Waals surface area contributed by atoms with E-state index >= 15 is 0 Å². The zero-order chi connectivity index (χ0) is 12.1. The molecule has 16 heavy (non-hydrogen) atoms. The Morgan fingerprint density at radius 2 is 2.06 bits per heavy atom. The van der Waals surface area contributed by atoms with Crippen LogP contribution in [0.15, 0.2) is 12.1 Å². The minimum Gasteiger partial charge on any atom is -0.462 e. The molecule has 0 fully saturated rings. The maximum absolute atomic E-state index is 11.6. The van der Waals surface area contributed by atoms with Crippen molar-refractivity contribution < 1.29 is 9.53 Å². The van der Waals surface area contributed by atoms with Crippen LogP contribution in [-0.2, 0) is 11.2 Å². The zero-order valence-corrected chi connectivity index (χ0v) is 10.1. The molecule has 1 rings (SSSR count). The fraction of sp³-hybridized carbons (Fsp3) is 0.273. The van der Waals surface area contributed by atoms with Gasteiger partial charge in [0.15, 0.2) is 0 Å². The van der Waals surface area contributed by atoms with Gasteiger partial charge in [0, 0.05) is 10.6 Å². The van der Waals surface area contributed by atoms with Crippen LogP contribution < -0.4 is 0 Å². The van der Waals surface area contributed by atoms with Crippen LogP contribution in [0, 0.1) is 11.3 Å². The maximum atomic E-state index is 11.6. The molecule has 5 heteroatoms. The molecular weight excluding hydrogens is 249 g/mol. The molecule has 0 heterocycles. The monoisotopic (exact) mass is 257 g/mol. The molecule has 0 saturated heterocycles. The fourth-order valence-electron chi connectivity index (χ4n) is 1.27. The molecule has 0 N–H and O–H groups in total. The summed E-state index contributed by atoms with van der Waals surface area (Å²) in [5.74, 6) is -0.555. The number of rotatable bonds is 3. The van der Waals surface area contributed by atoms with Gasteiger partial charge in [-0.15, -0.1) is 0 Å². The average molecular weight is 258 g/mol. The highest BCUT2D eigenvalue weighted by Crippen LogP contribution is 2.28. The zero-order valence-electron chi connectivity index (χ0n) is 8.59. The fourth-order valence-corrected chi connectivity index (χ4v) is 1.75. The molecule has 0 spiro atoms. The summed E-state index contributed by atoms with van der Waals surface area (Å²) in [7, 11) is 0. The van der Waals surface area contributed by atoms with Gasteiger partial charge < -0.3 is 4.74 Å². The van der Waals surface area contributed by atoms with Crippen molar-refractivity contribution in [3.8, 4) is 6.07 Å². The van der Waals surface area contributed by atoms with Crippen LogP contribution in [0.2, 0.25) is 10.0 Å². The smallest absolute Gasteiger partial charge is 0.340 e. The van der Waals surface area contributed by atoms with Gasteiger partial charge in [-0.05, 0) is 19.1 Å². The molecule has 0 atom stereocenters. The Labute approximate surface area is 104 Å². The molecule has 0 saturated carbocycles. The first-order valence-electron chi connectivity index (χ1n) is 4.62. The van der Waals surface area contributed by atoms with Gasteiger partial charge in [0.1, 0.15) is 0 Å². The van der Waals surface area contributed by atoms with Gasteiger partial charge in [-0.25, -0.2) is 4.79 Å². The number of esters is 1. The van der Waals surface area contributed by atoms with Gasteiger partial charge in [-0.2, -0.15) is 5.26 Å². The summed E-state index contributed by atoms with van der Waals surface area (Å²) < 4.78 is 4.86. The standard InChI is InChI=1S/C11H9Cl2NO2/c1-2-16-11(15)10-7(5-6-14)8(12)3-4-9(10)13/h3-4H,2,5H2,1H3. The van der Waals surface area contributed by atoms with Crippen LogP contribution in [-0.4, -0.2) is 12.6 Å². The number of ether oxygens (including phenoxy) is 1. The third kappa shape index (κ3) is 2.66. The first kappa shape index (κ1) is 12.8. The van der Waals surface area contributed by atoms with Crippen molar-refractivity contribution >= 4 is 29.2 Å². The minimum absolute atomic E-state index is 0.0214. The van der Waals surface area contributed by atoms with Gasteiger partial charge in [0.05, 0.1) is 29.7 Å². The van der Waals surface area contributed by atoms with E-state index in [0.29, 0.717) is 10.6 Å². The third-order valence-electron chi connectivity index (χ3n) is 1.94. The number of nitriles is 1. The van der Waals surface area contributed by atoms with Crippen LogP contribution in [0.5, 0.6) is 0 Å². The van der Waals surface area contributed by atoms with Crippen molar-refractivity contribution in [2.75, 3.05) is 6.61 Å². The lowest BCUT2D eigenvalue weighted by Crippen LogP contribution is -2.09. The number of benzene rings is 1. The van der Waals surface area contributed by atoms with E-state index in [1.807, 2.05) is 6.07 Å². The van der Waals surface area contributed by atoms with Crippen LogP contribution in [0.1, 0.15) is 22.8 Å². The summed E-state index contributed by atoms with van der Waals surface area (Å²) in [6.07, 6.45) is 0.0214. The second-order valence-corrected chi connectivity index (χ2v) is 3.75. The van der Waals surface area contributed by atoms with Gasteiger partial charge in [0.2, 0.25) is 0 Å². The quantitative estimate of drug-likeness (QED) is 0.782. The van der Waals surface area contributed by atoms with E-state index < -0.39 is 5.97 Å². The Kier molecular flexibility index (Phi) is 4.60. The second-order valence-electron chi connectivity index (χ2n) is 2.94. The number of hydrogen-bond acceptors (Lipinski definition) is 3. The second kappa shape index (κ2) is 5.74. The Morgan fingerprint density at radius 1 is 1.44 bits per heavy atom. The van der Waals surface area contributed by atoms with Gasteiger partial charge in [0.25, 0.3) is 0 Å². The number of halogens is 2. The number of carbonyl (C=O) groups is 1. The maximum Gasteiger partial charge on any atom is 0.340 e. The molecular formula is C11H9Cl2NO2. The topological polar surface area (TPSA) is 50.1 Å². The number of hydrogen-bond donors (Lipinski definition) is 0. The van der Waals surface area contributed by atoms with E-state index in [4.69, 9.17) is 33.2 Å². The number of carbonyl (C=O) groups excluding carboxylic acids is 1. The molecule has 0 bridgehead atoms. The van der Waals surface area contributed by atoms with E-state index in [-0.39, 0.29) is 23.6 Å². The molecule has 0 aromatic heterocycles. The third-order valence-corrected chi connectivity index (χ3v) is 2.61. The lowest BCUT2D eigenvalue weighted by Gasteiger charge is -2.09. The normalized spacial score (nSPS) is 9.62. The van der Waals surface area contributed by atoms with Gasteiger partial charge >= 0.3 is 5.97 Å². The Bertz CT molecular complexity index is 452. The number of nitrogens with zero attached hydrogens (tertiary/aromatic N) is 1. The van der Waals surface area contributed by atoms with Crippen LogP contribution in [0.3, 0.4) is 0 Å².